The molecule has 2 aliphatic heterocycles. The van der Waals surface area contributed by atoms with Gasteiger partial charge in [0.1, 0.15) is 17.8 Å². The molecule has 5 rings (SSSR count). The van der Waals surface area contributed by atoms with E-state index in [0.717, 1.165) is 36.2 Å². The Labute approximate surface area is 204 Å². The van der Waals surface area contributed by atoms with Gasteiger partial charge in [0, 0.05) is 44.1 Å². The number of aliphatic hydroxyl groups is 1. The highest BCUT2D eigenvalue weighted by Crippen LogP contribution is 2.32. The molecular formula is C24H33FN8O2. The number of hydrogen-bond donors (Lipinski definition) is 2. The Balaban J connectivity index is 1.41. The molecule has 2 N–H and O–H groups in total. The second-order valence-corrected chi connectivity index (χ2v) is 9.60. The third-order valence-electron chi connectivity index (χ3n) is 7.02. The van der Waals surface area contributed by atoms with Crippen LogP contribution in [0.5, 0.6) is 0 Å². The zero-order valence-corrected chi connectivity index (χ0v) is 20.5. The molecule has 188 valence electrons. The van der Waals surface area contributed by atoms with E-state index in [-0.39, 0.29) is 12.6 Å². The van der Waals surface area contributed by atoms with Crippen LogP contribution in [-0.4, -0.2) is 81.0 Å². The SMILES string of the molecule is CCC(C)n1nc(N2CCOCC2)c2cnc(Nc3ccnc(N4CCC(C)(O)C(F)C4)n3)cc21. The van der Waals surface area contributed by atoms with Crippen molar-refractivity contribution in [2.45, 2.75) is 51.4 Å². The zero-order valence-electron chi connectivity index (χ0n) is 20.5. The molecule has 0 spiro atoms. The summed E-state index contributed by atoms with van der Waals surface area (Å²) >= 11 is 0. The van der Waals surface area contributed by atoms with Crippen LogP contribution in [0.4, 0.5) is 27.8 Å². The largest absolute Gasteiger partial charge is 0.387 e. The van der Waals surface area contributed by atoms with Crippen molar-refractivity contribution in [2.24, 2.45) is 0 Å². The van der Waals surface area contributed by atoms with Gasteiger partial charge in [-0.1, -0.05) is 6.92 Å². The van der Waals surface area contributed by atoms with Gasteiger partial charge >= 0.3 is 0 Å². The van der Waals surface area contributed by atoms with E-state index >= 15 is 0 Å². The lowest BCUT2D eigenvalue weighted by atomic mass is 9.92. The van der Waals surface area contributed by atoms with E-state index in [0.29, 0.717) is 43.8 Å². The van der Waals surface area contributed by atoms with Crippen LogP contribution in [0, 0.1) is 0 Å². The summed E-state index contributed by atoms with van der Waals surface area (Å²) in [5.74, 6) is 2.57. The van der Waals surface area contributed by atoms with Crippen LogP contribution < -0.4 is 15.1 Å². The second-order valence-electron chi connectivity index (χ2n) is 9.60. The van der Waals surface area contributed by atoms with Gasteiger partial charge in [-0.15, -0.1) is 0 Å². The van der Waals surface area contributed by atoms with Crippen LogP contribution in [0.15, 0.2) is 24.5 Å². The fraction of sp³-hybridized carbons (Fsp3) is 0.583. The maximum absolute atomic E-state index is 14.4. The number of fused-ring (bicyclic) bond motifs is 1. The van der Waals surface area contributed by atoms with Crippen LogP contribution in [0.25, 0.3) is 10.9 Å². The summed E-state index contributed by atoms with van der Waals surface area (Å²) in [6.07, 6.45) is 3.42. The number of nitrogens with one attached hydrogen (secondary N) is 1. The van der Waals surface area contributed by atoms with Crippen molar-refractivity contribution in [1.29, 1.82) is 0 Å². The van der Waals surface area contributed by atoms with Gasteiger partial charge in [0.2, 0.25) is 5.95 Å². The average Bonchev–Trinajstić information content (AvgIpc) is 3.25. The van der Waals surface area contributed by atoms with E-state index < -0.39 is 11.8 Å². The van der Waals surface area contributed by atoms with E-state index in [2.05, 4.69) is 43.7 Å². The first-order chi connectivity index (χ1) is 16.9. The minimum absolute atomic E-state index is 0.0546. The normalized spacial score (nSPS) is 24.1. The van der Waals surface area contributed by atoms with Crippen molar-refractivity contribution in [1.82, 2.24) is 24.7 Å². The predicted octanol–water partition coefficient (Wildman–Crippen LogP) is 3.07. The molecule has 0 aliphatic carbocycles. The fourth-order valence-corrected chi connectivity index (χ4v) is 4.49. The van der Waals surface area contributed by atoms with Gasteiger partial charge in [-0.2, -0.15) is 10.1 Å². The number of anilines is 4. The van der Waals surface area contributed by atoms with E-state index in [9.17, 15) is 9.50 Å². The molecule has 3 aromatic heterocycles. The van der Waals surface area contributed by atoms with Crippen LogP contribution in [0.3, 0.4) is 0 Å². The maximum atomic E-state index is 14.4. The van der Waals surface area contributed by atoms with E-state index in [1.165, 1.54) is 6.92 Å². The first-order valence-electron chi connectivity index (χ1n) is 12.3. The molecule has 0 aromatic carbocycles. The standard InChI is InChI=1S/C24H33FN8O2/c1-4-16(2)33-18-13-21(27-14-17(18)22(30-33)31-9-11-35-12-10-31)28-20-5-7-26-23(29-20)32-8-6-24(3,34)19(25)15-32/h5,7,13-14,16,19,34H,4,6,8-12,15H2,1-3H3,(H,26,27,28,29). The van der Waals surface area contributed by atoms with Crippen molar-refractivity contribution in [3.05, 3.63) is 24.5 Å². The second kappa shape index (κ2) is 9.54. The molecule has 0 amide bonds. The molecule has 3 aromatic rings. The number of halogens is 1. The monoisotopic (exact) mass is 484 g/mol. The molecule has 10 nitrogen and oxygen atoms in total. The number of nitrogens with zero attached hydrogens (tertiary/aromatic N) is 7. The summed E-state index contributed by atoms with van der Waals surface area (Å²) in [6.45, 7) is 9.38. The molecule has 0 bridgehead atoms. The van der Waals surface area contributed by atoms with Gasteiger partial charge in [0.05, 0.1) is 36.3 Å². The highest BCUT2D eigenvalue weighted by Gasteiger charge is 2.38. The minimum Gasteiger partial charge on any atom is -0.387 e. The van der Waals surface area contributed by atoms with Gasteiger partial charge in [-0.05, 0) is 32.8 Å². The van der Waals surface area contributed by atoms with Crippen LogP contribution in [0.1, 0.15) is 39.7 Å². The Hall–Kier alpha value is -3.05. The zero-order chi connectivity index (χ0) is 24.6. The Bertz CT molecular complexity index is 1180. The van der Waals surface area contributed by atoms with Gasteiger partial charge < -0.3 is 25.0 Å². The summed E-state index contributed by atoms with van der Waals surface area (Å²) in [5, 5.41) is 19.4. The van der Waals surface area contributed by atoms with Crippen LogP contribution in [0.2, 0.25) is 0 Å². The number of ether oxygens (including phenoxy) is 1. The Kier molecular flexibility index (Phi) is 6.45. The number of aromatic nitrogens is 5. The lowest BCUT2D eigenvalue weighted by molar-refractivity contribution is -0.0332. The number of pyridine rings is 1. The summed E-state index contributed by atoms with van der Waals surface area (Å²) in [4.78, 5) is 17.5. The number of alkyl halides is 1. The number of rotatable bonds is 6. The Morgan fingerprint density at radius 3 is 2.77 bits per heavy atom. The van der Waals surface area contributed by atoms with Crippen LogP contribution in [-0.2, 0) is 4.74 Å². The molecule has 35 heavy (non-hydrogen) atoms. The summed E-state index contributed by atoms with van der Waals surface area (Å²) in [5.41, 5.74) is -0.309. The lowest BCUT2D eigenvalue weighted by Crippen LogP contribution is -2.52. The topological polar surface area (TPSA) is 104 Å². The first kappa shape index (κ1) is 23.7. The number of piperidine rings is 1. The maximum Gasteiger partial charge on any atom is 0.227 e. The van der Waals surface area contributed by atoms with Crippen molar-refractivity contribution in [3.63, 3.8) is 0 Å². The van der Waals surface area contributed by atoms with Crippen molar-refractivity contribution >= 4 is 34.3 Å². The van der Waals surface area contributed by atoms with Crippen LogP contribution >= 0.6 is 0 Å². The smallest absolute Gasteiger partial charge is 0.227 e. The summed E-state index contributed by atoms with van der Waals surface area (Å²) < 4.78 is 22.0. The molecule has 0 saturated carbocycles. The predicted molar refractivity (Wildman–Crippen MR) is 133 cm³/mol. The van der Waals surface area contributed by atoms with Gasteiger partial charge in [0.25, 0.3) is 0 Å². The third-order valence-corrected chi connectivity index (χ3v) is 7.02. The summed E-state index contributed by atoms with van der Waals surface area (Å²) in [6, 6.07) is 3.99. The highest BCUT2D eigenvalue weighted by atomic mass is 19.1. The van der Waals surface area contributed by atoms with Gasteiger partial charge in [-0.3, -0.25) is 4.68 Å². The van der Waals surface area contributed by atoms with Crippen molar-refractivity contribution < 1.29 is 14.2 Å². The molecule has 2 fully saturated rings. The number of hydrogen-bond acceptors (Lipinski definition) is 9. The first-order valence-corrected chi connectivity index (χ1v) is 12.3. The van der Waals surface area contributed by atoms with E-state index in [1.54, 1.807) is 17.2 Å². The summed E-state index contributed by atoms with van der Waals surface area (Å²) in [7, 11) is 0. The van der Waals surface area contributed by atoms with Gasteiger partial charge in [0.15, 0.2) is 5.82 Å². The third kappa shape index (κ3) is 4.74. The lowest BCUT2D eigenvalue weighted by Gasteiger charge is -2.38. The average molecular weight is 485 g/mol. The van der Waals surface area contributed by atoms with E-state index in [1.807, 2.05) is 12.3 Å². The van der Waals surface area contributed by atoms with Gasteiger partial charge in [-0.25, -0.2) is 14.4 Å². The Morgan fingerprint density at radius 1 is 1.23 bits per heavy atom. The molecule has 11 heteroatoms. The fourth-order valence-electron chi connectivity index (χ4n) is 4.49. The highest BCUT2D eigenvalue weighted by molar-refractivity contribution is 5.92. The molecule has 2 aliphatic rings. The van der Waals surface area contributed by atoms with Crippen molar-refractivity contribution in [2.75, 3.05) is 54.5 Å². The molecular weight excluding hydrogens is 451 g/mol. The minimum atomic E-state index is -1.36. The molecule has 0 radical (unpaired) electrons. The molecule has 3 atom stereocenters. The Morgan fingerprint density at radius 2 is 2.03 bits per heavy atom. The molecule has 2 saturated heterocycles. The van der Waals surface area contributed by atoms with E-state index in [4.69, 9.17) is 9.84 Å². The molecule has 5 heterocycles. The number of morpholine rings is 1. The quantitative estimate of drug-likeness (QED) is 0.546. The molecule has 3 unspecified atom stereocenters. The van der Waals surface area contributed by atoms with Crippen molar-refractivity contribution in [3.8, 4) is 0 Å².